The first kappa shape index (κ1) is 17.9. The number of anilines is 2. The monoisotopic (exact) mass is 351 g/mol. The van der Waals surface area contributed by atoms with E-state index in [1.54, 1.807) is 0 Å². The van der Waals surface area contributed by atoms with Crippen LogP contribution in [0.1, 0.15) is 13.8 Å². The third kappa shape index (κ3) is 4.21. The van der Waals surface area contributed by atoms with Crippen molar-refractivity contribution >= 4 is 28.7 Å². The Balaban J connectivity index is 1.80. The van der Waals surface area contributed by atoms with Crippen LogP contribution in [-0.2, 0) is 6.54 Å². The van der Waals surface area contributed by atoms with Gasteiger partial charge < -0.3 is 14.8 Å². The highest BCUT2D eigenvalue weighted by Crippen LogP contribution is 2.20. The molecular weight excluding hydrogens is 326 g/mol. The SMILES string of the molecule is CCN(CC)CCn1c(NC(=O)Nc2ccccc2)nc2ccccc21. The van der Waals surface area contributed by atoms with Crippen LogP contribution < -0.4 is 10.6 Å². The summed E-state index contributed by atoms with van der Waals surface area (Å²) in [5.74, 6) is 0.562. The molecule has 1 aromatic heterocycles. The van der Waals surface area contributed by atoms with Gasteiger partial charge in [0.2, 0.25) is 5.95 Å². The lowest BCUT2D eigenvalue weighted by Gasteiger charge is -2.19. The quantitative estimate of drug-likeness (QED) is 0.676. The topological polar surface area (TPSA) is 62.2 Å². The van der Waals surface area contributed by atoms with Crippen molar-refractivity contribution < 1.29 is 4.79 Å². The molecule has 3 aromatic rings. The number of para-hydroxylation sites is 3. The number of imidazole rings is 1. The van der Waals surface area contributed by atoms with Gasteiger partial charge in [-0.1, -0.05) is 44.2 Å². The average molecular weight is 351 g/mol. The van der Waals surface area contributed by atoms with Crippen LogP contribution in [0.4, 0.5) is 16.4 Å². The predicted octanol–water partition coefficient (Wildman–Crippen LogP) is 4.02. The lowest BCUT2D eigenvalue weighted by atomic mass is 10.3. The molecule has 0 saturated heterocycles. The zero-order chi connectivity index (χ0) is 18.4. The highest BCUT2D eigenvalue weighted by molar-refractivity contribution is 5.99. The fourth-order valence-corrected chi connectivity index (χ4v) is 2.96. The number of nitrogens with one attached hydrogen (secondary N) is 2. The Hall–Kier alpha value is -2.86. The van der Waals surface area contributed by atoms with Crippen molar-refractivity contribution in [2.45, 2.75) is 20.4 Å². The van der Waals surface area contributed by atoms with Crippen molar-refractivity contribution in [2.24, 2.45) is 0 Å². The zero-order valence-corrected chi connectivity index (χ0v) is 15.3. The van der Waals surface area contributed by atoms with Crippen molar-refractivity contribution in [3.8, 4) is 0 Å². The molecule has 0 fully saturated rings. The highest BCUT2D eigenvalue weighted by Gasteiger charge is 2.14. The minimum Gasteiger partial charge on any atom is -0.309 e. The fraction of sp³-hybridized carbons (Fsp3) is 0.300. The van der Waals surface area contributed by atoms with Gasteiger partial charge in [-0.2, -0.15) is 0 Å². The molecule has 0 spiro atoms. The molecule has 0 radical (unpaired) electrons. The van der Waals surface area contributed by atoms with E-state index in [0.717, 1.165) is 42.9 Å². The van der Waals surface area contributed by atoms with E-state index in [1.807, 2.05) is 54.6 Å². The van der Waals surface area contributed by atoms with E-state index in [9.17, 15) is 4.79 Å². The van der Waals surface area contributed by atoms with Gasteiger partial charge in [-0.15, -0.1) is 0 Å². The molecule has 3 rings (SSSR count). The van der Waals surface area contributed by atoms with E-state index in [2.05, 4.69) is 38.9 Å². The van der Waals surface area contributed by atoms with E-state index in [1.165, 1.54) is 0 Å². The van der Waals surface area contributed by atoms with E-state index in [4.69, 9.17) is 0 Å². The van der Waals surface area contributed by atoms with Gasteiger partial charge in [0.25, 0.3) is 0 Å². The first-order chi connectivity index (χ1) is 12.7. The van der Waals surface area contributed by atoms with Crippen molar-refractivity contribution in [1.82, 2.24) is 14.5 Å². The number of likely N-dealkylation sites (N-methyl/N-ethyl adjacent to an activating group) is 1. The molecule has 0 aliphatic heterocycles. The molecule has 0 atom stereocenters. The number of amides is 2. The number of carbonyl (C=O) groups is 1. The molecule has 6 heteroatoms. The third-order valence-corrected chi connectivity index (χ3v) is 4.45. The number of nitrogens with zero attached hydrogens (tertiary/aromatic N) is 3. The lowest BCUT2D eigenvalue weighted by Crippen LogP contribution is -2.28. The molecule has 0 bridgehead atoms. The van der Waals surface area contributed by atoms with Crippen molar-refractivity contribution in [2.75, 3.05) is 30.3 Å². The number of hydrogen-bond acceptors (Lipinski definition) is 3. The summed E-state index contributed by atoms with van der Waals surface area (Å²) in [6.45, 7) is 7.98. The fourth-order valence-electron chi connectivity index (χ4n) is 2.96. The smallest absolute Gasteiger partial charge is 0.309 e. The van der Waals surface area contributed by atoms with Gasteiger partial charge in [-0.3, -0.25) is 5.32 Å². The van der Waals surface area contributed by atoms with Gasteiger partial charge in [0.15, 0.2) is 0 Å². The standard InChI is InChI=1S/C20H25N5O/c1-3-24(4-2)14-15-25-18-13-9-8-12-17(18)22-19(25)23-20(26)21-16-10-6-5-7-11-16/h5-13H,3-4,14-15H2,1-2H3,(H2,21,22,23,26). The molecular formula is C20H25N5O. The van der Waals surface area contributed by atoms with Crippen molar-refractivity contribution in [3.63, 3.8) is 0 Å². The zero-order valence-electron chi connectivity index (χ0n) is 15.3. The average Bonchev–Trinajstić information content (AvgIpc) is 3.00. The first-order valence-corrected chi connectivity index (χ1v) is 9.02. The van der Waals surface area contributed by atoms with Gasteiger partial charge in [0.05, 0.1) is 11.0 Å². The van der Waals surface area contributed by atoms with Crippen molar-refractivity contribution in [1.29, 1.82) is 0 Å². The molecule has 2 amide bonds. The van der Waals surface area contributed by atoms with Gasteiger partial charge in [-0.25, -0.2) is 9.78 Å². The van der Waals surface area contributed by atoms with Gasteiger partial charge in [-0.05, 0) is 37.4 Å². The maximum absolute atomic E-state index is 12.4. The van der Waals surface area contributed by atoms with Gasteiger partial charge >= 0.3 is 6.03 Å². The second-order valence-corrected chi connectivity index (χ2v) is 6.05. The van der Waals surface area contributed by atoms with Crippen LogP contribution in [0.3, 0.4) is 0 Å². The normalized spacial score (nSPS) is 11.0. The minimum absolute atomic E-state index is 0.296. The van der Waals surface area contributed by atoms with Crippen LogP contribution in [0, 0.1) is 0 Å². The summed E-state index contributed by atoms with van der Waals surface area (Å²) in [5.41, 5.74) is 2.65. The number of aromatic nitrogens is 2. The van der Waals surface area contributed by atoms with E-state index >= 15 is 0 Å². The summed E-state index contributed by atoms with van der Waals surface area (Å²) in [5, 5.41) is 5.73. The number of carbonyl (C=O) groups excluding carboxylic acids is 1. The maximum Gasteiger partial charge on any atom is 0.326 e. The summed E-state index contributed by atoms with van der Waals surface area (Å²) < 4.78 is 2.07. The molecule has 2 N–H and O–H groups in total. The lowest BCUT2D eigenvalue weighted by molar-refractivity contribution is 0.261. The largest absolute Gasteiger partial charge is 0.326 e. The van der Waals surface area contributed by atoms with Crippen LogP contribution in [-0.4, -0.2) is 40.1 Å². The third-order valence-electron chi connectivity index (χ3n) is 4.45. The van der Waals surface area contributed by atoms with Crippen LogP contribution in [0.5, 0.6) is 0 Å². The second-order valence-electron chi connectivity index (χ2n) is 6.05. The van der Waals surface area contributed by atoms with Crippen molar-refractivity contribution in [3.05, 3.63) is 54.6 Å². The predicted molar refractivity (Wildman–Crippen MR) is 107 cm³/mol. The molecule has 0 aliphatic carbocycles. The van der Waals surface area contributed by atoms with Crippen LogP contribution >= 0.6 is 0 Å². The molecule has 1 heterocycles. The maximum atomic E-state index is 12.4. The summed E-state index contributed by atoms with van der Waals surface area (Å²) in [6, 6.07) is 17.0. The van der Waals surface area contributed by atoms with E-state index in [-0.39, 0.29) is 6.03 Å². The Bertz CT molecular complexity index is 855. The molecule has 6 nitrogen and oxygen atoms in total. The highest BCUT2D eigenvalue weighted by atomic mass is 16.2. The Labute approximate surface area is 153 Å². The molecule has 0 unspecified atom stereocenters. The van der Waals surface area contributed by atoms with Crippen LogP contribution in [0.2, 0.25) is 0 Å². The Morgan fingerprint density at radius 3 is 2.42 bits per heavy atom. The van der Waals surface area contributed by atoms with Gasteiger partial charge in [0, 0.05) is 18.8 Å². The van der Waals surface area contributed by atoms with Crippen LogP contribution in [0.15, 0.2) is 54.6 Å². The number of hydrogen-bond donors (Lipinski definition) is 2. The number of urea groups is 1. The van der Waals surface area contributed by atoms with Gasteiger partial charge in [0.1, 0.15) is 0 Å². The Kier molecular flexibility index (Phi) is 5.86. The summed E-state index contributed by atoms with van der Waals surface area (Å²) >= 11 is 0. The number of benzene rings is 2. The number of rotatable bonds is 7. The summed E-state index contributed by atoms with van der Waals surface area (Å²) in [7, 11) is 0. The molecule has 26 heavy (non-hydrogen) atoms. The number of fused-ring (bicyclic) bond motifs is 1. The van der Waals surface area contributed by atoms with E-state index < -0.39 is 0 Å². The molecule has 0 saturated carbocycles. The Morgan fingerprint density at radius 1 is 1.00 bits per heavy atom. The van der Waals surface area contributed by atoms with Crippen LogP contribution in [0.25, 0.3) is 11.0 Å². The summed E-state index contributed by atoms with van der Waals surface area (Å²) in [6.07, 6.45) is 0. The summed E-state index contributed by atoms with van der Waals surface area (Å²) in [4.78, 5) is 19.3. The Morgan fingerprint density at radius 2 is 1.69 bits per heavy atom. The minimum atomic E-state index is -0.296. The van der Waals surface area contributed by atoms with E-state index in [0.29, 0.717) is 5.95 Å². The molecule has 0 aliphatic rings. The first-order valence-electron chi connectivity index (χ1n) is 9.02. The second kappa shape index (κ2) is 8.49. The molecule has 2 aromatic carbocycles. The molecule has 136 valence electrons.